The number of aliphatic hydroxyl groups excluding tert-OH is 6. The lowest BCUT2D eigenvalue weighted by atomic mass is 9.97. The second kappa shape index (κ2) is 10.2. The van der Waals surface area contributed by atoms with E-state index in [1.165, 1.54) is 0 Å². The number of nitrogens with one attached hydrogen (secondary N) is 1. The Morgan fingerprint density at radius 1 is 1.31 bits per heavy atom. The molecular weight excluding hydrogens is 356 g/mol. The minimum atomic E-state index is -1.80. The summed E-state index contributed by atoms with van der Waals surface area (Å²) >= 11 is 0. The molecule has 1 heterocycles. The summed E-state index contributed by atoms with van der Waals surface area (Å²) in [6.07, 6.45) is -10.7. The van der Waals surface area contributed by atoms with E-state index in [1.807, 2.05) is 0 Å². The lowest BCUT2D eigenvalue weighted by Gasteiger charge is -2.43. The first kappa shape index (κ1) is 22.8. The Morgan fingerprint density at radius 2 is 1.92 bits per heavy atom. The van der Waals surface area contributed by atoms with Crippen molar-refractivity contribution in [1.29, 1.82) is 0 Å². The molecule has 26 heavy (non-hydrogen) atoms. The van der Waals surface area contributed by atoms with Gasteiger partial charge in [-0.15, -0.1) is 0 Å². The van der Waals surface area contributed by atoms with Gasteiger partial charge >= 0.3 is 0 Å². The lowest BCUT2D eigenvalue weighted by Crippen LogP contribution is -2.64. The highest BCUT2D eigenvalue weighted by atomic mass is 16.7. The smallest absolute Gasteiger partial charge is 0.217 e. The number of rotatable bonds is 9. The number of nitrogens with two attached hydrogens (primary N) is 1. The molecule has 9 N–H and O–H groups in total. The van der Waals surface area contributed by atoms with Crippen molar-refractivity contribution in [2.45, 2.75) is 61.9 Å². The maximum absolute atomic E-state index is 11.1. The van der Waals surface area contributed by atoms with Gasteiger partial charge in [-0.25, -0.2) is 0 Å². The molecule has 1 saturated heterocycles. The Balaban J connectivity index is 2.99. The summed E-state index contributed by atoms with van der Waals surface area (Å²) in [5.74, 6) is -0.636. The van der Waals surface area contributed by atoms with Crippen molar-refractivity contribution in [1.82, 2.24) is 5.32 Å². The number of amides is 1. The second-order valence-electron chi connectivity index (χ2n) is 5.99. The van der Waals surface area contributed by atoms with Gasteiger partial charge in [0, 0.05) is 6.92 Å². The number of ether oxygens (including phenoxy) is 2. The van der Waals surface area contributed by atoms with Gasteiger partial charge in [-0.05, 0) is 0 Å². The van der Waals surface area contributed by atoms with Gasteiger partial charge in [-0.3, -0.25) is 4.79 Å². The van der Waals surface area contributed by atoms with Crippen molar-refractivity contribution in [3.8, 4) is 0 Å². The van der Waals surface area contributed by atoms with Crippen LogP contribution in [0.2, 0.25) is 0 Å². The molecule has 0 spiro atoms. The summed E-state index contributed by atoms with van der Waals surface area (Å²) in [5.41, 5.74) is 5.70. The first-order valence-corrected chi connectivity index (χ1v) is 7.90. The highest BCUT2D eigenvalue weighted by molar-refractivity contribution is 5.77. The van der Waals surface area contributed by atoms with Crippen LogP contribution in [0.3, 0.4) is 0 Å². The Morgan fingerprint density at radius 3 is 2.38 bits per heavy atom. The first-order chi connectivity index (χ1) is 12.2. The summed E-state index contributed by atoms with van der Waals surface area (Å²) in [7, 11) is 0. The normalized spacial score (nSPS) is 33.8. The van der Waals surface area contributed by atoms with E-state index in [-0.39, 0.29) is 6.29 Å². The van der Waals surface area contributed by atoms with Crippen LogP contribution in [0.15, 0.2) is 0 Å². The third-order valence-corrected chi connectivity index (χ3v) is 4.01. The summed E-state index contributed by atoms with van der Waals surface area (Å²) in [5, 5.41) is 60.3. The van der Waals surface area contributed by atoms with Crippen LogP contribution in [0.1, 0.15) is 6.92 Å². The van der Waals surface area contributed by atoms with Gasteiger partial charge in [0.25, 0.3) is 0 Å². The molecule has 1 rings (SSSR count). The molecule has 0 aliphatic carbocycles. The zero-order chi connectivity index (χ0) is 20.0. The standard InChI is InChI=1S/C14H26N2O10/c1-5(20)16-6(2-17)10(22)13(7(21)3-18)26-14-9(15)12(24)11(23)8(4-19)25-14/h2,6-14,18-19,21-24H,3-4,15H2,1H3,(H,16,20)/t6-,7+,8+,9+,10+,11+,12+,13+,14-/m0/s1. The van der Waals surface area contributed by atoms with E-state index in [4.69, 9.17) is 20.3 Å². The van der Waals surface area contributed by atoms with Crippen molar-refractivity contribution in [2.75, 3.05) is 13.2 Å². The highest BCUT2D eigenvalue weighted by Gasteiger charge is 2.46. The van der Waals surface area contributed by atoms with E-state index in [0.29, 0.717) is 0 Å². The SMILES string of the molecule is CC(=O)N[C@@H](C=O)[C@@H](O)[C@H](O[C@@H]1O[C@H](CO)[C@@H](O)[C@H](O)[C@H]1N)[C@H](O)CO. The van der Waals surface area contributed by atoms with Gasteiger partial charge < -0.3 is 56.0 Å². The Kier molecular flexibility index (Phi) is 8.95. The van der Waals surface area contributed by atoms with Crippen LogP contribution in [0.25, 0.3) is 0 Å². The number of carbonyl (C=O) groups excluding carboxylic acids is 2. The molecule has 9 atom stereocenters. The average molecular weight is 382 g/mol. The fourth-order valence-electron chi connectivity index (χ4n) is 2.52. The molecule has 12 nitrogen and oxygen atoms in total. The zero-order valence-electron chi connectivity index (χ0n) is 14.1. The van der Waals surface area contributed by atoms with Gasteiger partial charge in [0.1, 0.15) is 49.0 Å². The van der Waals surface area contributed by atoms with Gasteiger partial charge in [0.15, 0.2) is 6.29 Å². The molecule has 0 aromatic carbocycles. The Labute approximate surface area is 149 Å². The fraction of sp³-hybridized carbons (Fsp3) is 0.857. The van der Waals surface area contributed by atoms with E-state index in [9.17, 15) is 35.1 Å². The van der Waals surface area contributed by atoms with E-state index in [1.54, 1.807) is 0 Å². The van der Waals surface area contributed by atoms with E-state index >= 15 is 0 Å². The molecule has 1 aliphatic rings. The number of aldehydes is 1. The van der Waals surface area contributed by atoms with Gasteiger partial charge in [-0.1, -0.05) is 0 Å². The van der Waals surface area contributed by atoms with Crippen LogP contribution in [0.4, 0.5) is 0 Å². The van der Waals surface area contributed by atoms with Crippen molar-refractivity contribution >= 4 is 12.2 Å². The third-order valence-electron chi connectivity index (χ3n) is 4.01. The minimum absolute atomic E-state index is 0.212. The molecule has 152 valence electrons. The van der Waals surface area contributed by atoms with Crippen LogP contribution in [-0.4, -0.2) is 111 Å². The third kappa shape index (κ3) is 5.39. The minimum Gasteiger partial charge on any atom is -0.394 e. The summed E-state index contributed by atoms with van der Waals surface area (Å²) in [6, 6.07) is -2.80. The zero-order valence-corrected chi connectivity index (χ0v) is 14.1. The molecule has 1 aliphatic heterocycles. The maximum Gasteiger partial charge on any atom is 0.217 e. The maximum atomic E-state index is 11.1. The molecule has 0 unspecified atom stereocenters. The summed E-state index contributed by atoms with van der Waals surface area (Å²) in [6.45, 7) is -0.446. The average Bonchev–Trinajstić information content (AvgIpc) is 2.62. The van der Waals surface area contributed by atoms with Crippen LogP contribution in [0.5, 0.6) is 0 Å². The van der Waals surface area contributed by atoms with Crippen molar-refractivity contribution in [3.63, 3.8) is 0 Å². The molecule has 1 fully saturated rings. The highest BCUT2D eigenvalue weighted by Crippen LogP contribution is 2.23. The van der Waals surface area contributed by atoms with E-state index in [0.717, 1.165) is 6.92 Å². The van der Waals surface area contributed by atoms with Gasteiger partial charge in [0.05, 0.1) is 19.3 Å². The number of carbonyl (C=O) groups is 2. The lowest BCUT2D eigenvalue weighted by molar-refractivity contribution is -0.295. The number of hydrogen-bond acceptors (Lipinski definition) is 11. The number of aliphatic hydroxyl groups is 6. The molecule has 0 aromatic rings. The van der Waals surface area contributed by atoms with Crippen molar-refractivity contribution in [3.05, 3.63) is 0 Å². The summed E-state index contributed by atoms with van der Waals surface area (Å²) in [4.78, 5) is 22.2. The van der Waals surface area contributed by atoms with Crippen LogP contribution in [-0.2, 0) is 19.1 Å². The largest absolute Gasteiger partial charge is 0.394 e. The monoisotopic (exact) mass is 382 g/mol. The van der Waals surface area contributed by atoms with Crippen molar-refractivity contribution in [2.24, 2.45) is 5.73 Å². The van der Waals surface area contributed by atoms with Crippen LogP contribution < -0.4 is 11.1 Å². The van der Waals surface area contributed by atoms with E-state index in [2.05, 4.69) is 5.32 Å². The topological polar surface area (TPSA) is 212 Å². The molecule has 12 heteroatoms. The van der Waals surface area contributed by atoms with Gasteiger partial charge in [0.2, 0.25) is 5.91 Å². The number of hydrogen-bond donors (Lipinski definition) is 8. The molecule has 0 bridgehead atoms. The molecule has 1 amide bonds. The van der Waals surface area contributed by atoms with Crippen molar-refractivity contribution < 1.29 is 49.7 Å². The Bertz CT molecular complexity index is 465. The Hall–Kier alpha value is -1.22. The quantitative estimate of drug-likeness (QED) is 0.176. The molecular formula is C14H26N2O10. The molecule has 0 aromatic heterocycles. The first-order valence-electron chi connectivity index (χ1n) is 7.90. The molecule has 0 radical (unpaired) electrons. The second-order valence-corrected chi connectivity index (χ2v) is 5.99. The van der Waals surface area contributed by atoms with E-state index < -0.39 is 74.1 Å². The predicted molar refractivity (Wildman–Crippen MR) is 83.4 cm³/mol. The van der Waals surface area contributed by atoms with Crippen LogP contribution >= 0.6 is 0 Å². The predicted octanol–water partition coefficient (Wildman–Crippen LogP) is -5.44. The molecule has 0 saturated carbocycles. The fourth-order valence-corrected chi connectivity index (χ4v) is 2.52. The van der Waals surface area contributed by atoms with Crippen LogP contribution in [0, 0.1) is 0 Å². The summed E-state index contributed by atoms with van der Waals surface area (Å²) < 4.78 is 10.5. The van der Waals surface area contributed by atoms with Gasteiger partial charge in [-0.2, -0.15) is 0 Å².